The highest BCUT2D eigenvalue weighted by Gasteiger charge is 2.62. The van der Waals surface area contributed by atoms with Crippen LogP contribution in [0.5, 0.6) is 0 Å². The molecule has 3 aliphatic rings. The Kier molecular flexibility index (Phi) is 5.43. The molecular weight excluding hydrogens is 368 g/mol. The standard InChI is InChI=1S/C23H28N2O4/c1-29-22(28)23-12-6-5-10-17-11-7-13-25(20(17)23)21(27)18(23)14-19(26)24-15-16-8-3-2-4-9-16/h2-4,8-9,18H,5-7,10-15H2,1H3,(H,24,26)/t18-,23-/m0/s1. The number of rotatable bonds is 5. The predicted octanol–water partition coefficient (Wildman–Crippen LogP) is 2.93. The summed E-state index contributed by atoms with van der Waals surface area (Å²) in [6.45, 7) is 1.03. The van der Waals surface area contributed by atoms with Gasteiger partial charge in [0.05, 0.1) is 13.0 Å². The highest BCUT2D eigenvalue weighted by Crippen LogP contribution is 2.56. The number of allylic oxidation sites excluding steroid dienone is 1. The molecule has 2 aliphatic heterocycles. The number of hydrogen-bond acceptors (Lipinski definition) is 4. The number of ether oxygens (including phenoxy) is 1. The first-order valence-corrected chi connectivity index (χ1v) is 10.5. The molecule has 29 heavy (non-hydrogen) atoms. The molecular formula is C23H28N2O4. The van der Waals surface area contributed by atoms with Crippen LogP contribution < -0.4 is 5.32 Å². The Hall–Kier alpha value is -2.63. The van der Waals surface area contributed by atoms with Gasteiger partial charge in [0.25, 0.3) is 0 Å². The van der Waals surface area contributed by atoms with Gasteiger partial charge in [-0.1, -0.05) is 36.8 Å². The molecule has 2 atom stereocenters. The summed E-state index contributed by atoms with van der Waals surface area (Å²) in [6.07, 6.45) is 5.19. The third-order valence-corrected chi connectivity index (χ3v) is 6.62. The number of hydrogen-bond donors (Lipinski definition) is 1. The van der Waals surface area contributed by atoms with Crippen molar-refractivity contribution >= 4 is 17.8 Å². The molecule has 1 aliphatic carbocycles. The van der Waals surface area contributed by atoms with Crippen LogP contribution in [-0.4, -0.2) is 36.3 Å². The summed E-state index contributed by atoms with van der Waals surface area (Å²) >= 11 is 0. The normalized spacial score (nSPS) is 26.0. The van der Waals surface area contributed by atoms with Crippen molar-refractivity contribution < 1.29 is 19.1 Å². The van der Waals surface area contributed by atoms with E-state index in [0.717, 1.165) is 43.4 Å². The van der Waals surface area contributed by atoms with Crippen molar-refractivity contribution in [3.8, 4) is 0 Å². The lowest BCUT2D eigenvalue weighted by molar-refractivity contribution is -0.155. The highest BCUT2D eigenvalue weighted by atomic mass is 16.5. The second-order valence-corrected chi connectivity index (χ2v) is 8.23. The Morgan fingerprint density at radius 3 is 2.69 bits per heavy atom. The summed E-state index contributed by atoms with van der Waals surface area (Å²) in [5, 5.41) is 2.91. The van der Waals surface area contributed by atoms with E-state index < -0.39 is 11.3 Å². The maximum Gasteiger partial charge on any atom is 0.318 e. The third-order valence-electron chi connectivity index (χ3n) is 6.62. The van der Waals surface area contributed by atoms with Gasteiger partial charge in [-0.05, 0) is 43.2 Å². The van der Waals surface area contributed by atoms with Crippen molar-refractivity contribution in [1.29, 1.82) is 0 Å². The molecule has 154 valence electrons. The van der Waals surface area contributed by atoms with E-state index in [0.29, 0.717) is 19.5 Å². The Morgan fingerprint density at radius 2 is 1.93 bits per heavy atom. The molecule has 2 amide bonds. The Morgan fingerprint density at radius 1 is 1.17 bits per heavy atom. The van der Waals surface area contributed by atoms with Gasteiger partial charge in [-0.3, -0.25) is 14.4 Å². The van der Waals surface area contributed by atoms with Gasteiger partial charge in [0.1, 0.15) is 5.41 Å². The fraction of sp³-hybridized carbons (Fsp3) is 0.522. The van der Waals surface area contributed by atoms with E-state index in [2.05, 4.69) is 5.32 Å². The maximum atomic E-state index is 13.3. The molecule has 0 spiro atoms. The van der Waals surface area contributed by atoms with E-state index in [1.807, 2.05) is 30.3 Å². The van der Waals surface area contributed by atoms with Crippen molar-refractivity contribution in [2.75, 3.05) is 13.7 Å². The van der Waals surface area contributed by atoms with Crippen LogP contribution in [0.4, 0.5) is 0 Å². The van der Waals surface area contributed by atoms with Crippen LogP contribution in [-0.2, 0) is 25.7 Å². The summed E-state index contributed by atoms with van der Waals surface area (Å²) in [5.41, 5.74) is 2.05. The molecule has 1 aromatic rings. The van der Waals surface area contributed by atoms with Crippen molar-refractivity contribution in [2.24, 2.45) is 11.3 Å². The van der Waals surface area contributed by atoms with Crippen molar-refractivity contribution in [2.45, 2.75) is 51.5 Å². The van der Waals surface area contributed by atoms with E-state index >= 15 is 0 Å². The molecule has 0 saturated carbocycles. The Balaban J connectivity index is 1.62. The topological polar surface area (TPSA) is 75.7 Å². The van der Waals surface area contributed by atoms with Crippen LogP contribution in [0.1, 0.15) is 50.5 Å². The van der Waals surface area contributed by atoms with Crippen LogP contribution in [0.2, 0.25) is 0 Å². The van der Waals surface area contributed by atoms with Gasteiger partial charge in [0, 0.05) is 25.2 Å². The van der Waals surface area contributed by atoms with Crippen LogP contribution in [0.3, 0.4) is 0 Å². The molecule has 1 fully saturated rings. The zero-order chi connectivity index (χ0) is 20.4. The van der Waals surface area contributed by atoms with Crippen molar-refractivity contribution in [1.82, 2.24) is 10.2 Å². The SMILES string of the molecule is COC(=O)[C@]12CCCCC3=C1N(CCC3)C(=O)[C@@H]2CC(=O)NCc1ccccc1. The molecule has 6 nitrogen and oxygen atoms in total. The first-order chi connectivity index (χ1) is 14.1. The largest absolute Gasteiger partial charge is 0.468 e. The Bertz CT molecular complexity index is 848. The predicted molar refractivity (Wildman–Crippen MR) is 107 cm³/mol. The van der Waals surface area contributed by atoms with E-state index in [9.17, 15) is 14.4 Å². The summed E-state index contributed by atoms with van der Waals surface area (Å²) in [6, 6.07) is 9.66. The van der Waals surface area contributed by atoms with Gasteiger partial charge < -0.3 is 15.0 Å². The lowest BCUT2D eigenvalue weighted by Crippen LogP contribution is -2.41. The van der Waals surface area contributed by atoms with Crippen LogP contribution in [0.15, 0.2) is 41.6 Å². The molecule has 1 aromatic carbocycles. The molecule has 2 heterocycles. The van der Waals surface area contributed by atoms with Gasteiger partial charge in [-0.15, -0.1) is 0 Å². The van der Waals surface area contributed by atoms with E-state index in [1.165, 1.54) is 12.7 Å². The molecule has 1 N–H and O–H groups in total. The van der Waals surface area contributed by atoms with Crippen molar-refractivity contribution in [3.63, 3.8) is 0 Å². The zero-order valence-corrected chi connectivity index (χ0v) is 16.9. The number of esters is 1. The third kappa shape index (κ3) is 3.34. The molecule has 4 rings (SSSR count). The van der Waals surface area contributed by atoms with E-state index in [4.69, 9.17) is 4.74 Å². The van der Waals surface area contributed by atoms with E-state index in [-0.39, 0.29) is 24.2 Å². The second kappa shape index (κ2) is 8.01. The number of carbonyl (C=O) groups is 3. The number of carbonyl (C=O) groups excluding carboxylic acids is 3. The fourth-order valence-corrected chi connectivity index (χ4v) is 5.33. The number of nitrogens with zero attached hydrogens (tertiary/aromatic N) is 1. The molecule has 0 radical (unpaired) electrons. The summed E-state index contributed by atoms with van der Waals surface area (Å²) in [5.74, 6) is -1.36. The minimum Gasteiger partial charge on any atom is -0.468 e. The van der Waals surface area contributed by atoms with Crippen LogP contribution in [0, 0.1) is 11.3 Å². The van der Waals surface area contributed by atoms with Gasteiger partial charge in [0.15, 0.2) is 0 Å². The number of nitrogens with one attached hydrogen (secondary N) is 1. The van der Waals surface area contributed by atoms with Crippen LogP contribution >= 0.6 is 0 Å². The fourth-order valence-electron chi connectivity index (χ4n) is 5.33. The van der Waals surface area contributed by atoms with Crippen molar-refractivity contribution in [3.05, 3.63) is 47.2 Å². The van der Waals surface area contributed by atoms with Gasteiger partial charge in [-0.25, -0.2) is 0 Å². The number of methoxy groups -OCH3 is 1. The first kappa shape index (κ1) is 19.7. The second-order valence-electron chi connectivity index (χ2n) is 8.23. The average molecular weight is 396 g/mol. The Labute approximate surface area is 171 Å². The minimum atomic E-state index is -1.01. The molecule has 0 unspecified atom stereocenters. The molecule has 6 heteroatoms. The van der Waals surface area contributed by atoms with Crippen LogP contribution in [0.25, 0.3) is 0 Å². The summed E-state index contributed by atoms with van der Waals surface area (Å²) in [7, 11) is 1.38. The minimum absolute atomic E-state index is 0.00798. The average Bonchev–Trinajstić information content (AvgIpc) is 2.88. The highest BCUT2D eigenvalue weighted by molar-refractivity contribution is 5.99. The maximum absolute atomic E-state index is 13.3. The zero-order valence-electron chi connectivity index (χ0n) is 16.9. The molecule has 0 aromatic heterocycles. The number of amides is 2. The van der Waals surface area contributed by atoms with Gasteiger partial charge >= 0.3 is 5.97 Å². The summed E-state index contributed by atoms with van der Waals surface area (Å²) in [4.78, 5) is 41.0. The molecule has 1 saturated heterocycles. The van der Waals surface area contributed by atoms with E-state index in [1.54, 1.807) is 4.90 Å². The monoisotopic (exact) mass is 396 g/mol. The smallest absolute Gasteiger partial charge is 0.318 e. The summed E-state index contributed by atoms with van der Waals surface area (Å²) < 4.78 is 5.22. The lowest BCUT2D eigenvalue weighted by Gasteiger charge is -2.34. The molecule has 0 bridgehead atoms. The van der Waals surface area contributed by atoms with Gasteiger partial charge in [-0.2, -0.15) is 0 Å². The van der Waals surface area contributed by atoms with Gasteiger partial charge in [0.2, 0.25) is 11.8 Å². The quantitative estimate of drug-likeness (QED) is 0.777. The number of benzene rings is 1. The lowest BCUT2D eigenvalue weighted by atomic mass is 9.70. The first-order valence-electron chi connectivity index (χ1n) is 10.5.